The van der Waals surface area contributed by atoms with E-state index < -0.39 is 18.0 Å². The zero-order valence-electron chi connectivity index (χ0n) is 9.98. The van der Waals surface area contributed by atoms with E-state index in [1.807, 2.05) is 0 Å². The lowest BCUT2D eigenvalue weighted by molar-refractivity contribution is -0.139. The van der Waals surface area contributed by atoms with Crippen molar-refractivity contribution < 1.29 is 19.8 Å². The summed E-state index contributed by atoms with van der Waals surface area (Å²) in [6, 6.07) is -1.26. The Kier molecular flexibility index (Phi) is 5.21. The van der Waals surface area contributed by atoms with E-state index in [2.05, 4.69) is 10.6 Å². The van der Waals surface area contributed by atoms with E-state index in [4.69, 9.17) is 5.11 Å². The van der Waals surface area contributed by atoms with Crippen molar-refractivity contribution >= 4 is 12.0 Å². The van der Waals surface area contributed by atoms with Crippen LogP contribution in [-0.4, -0.2) is 40.4 Å². The van der Waals surface area contributed by atoms with Crippen molar-refractivity contribution in [2.45, 2.75) is 57.2 Å². The molecule has 0 heterocycles. The summed E-state index contributed by atoms with van der Waals surface area (Å²) in [6.07, 6.45) is 2.92. The van der Waals surface area contributed by atoms with Crippen molar-refractivity contribution in [1.82, 2.24) is 10.6 Å². The molecule has 1 rings (SSSR count). The highest BCUT2D eigenvalue weighted by atomic mass is 16.4. The molecular formula is C11H20N2O4. The van der Waals surface area contributed by atoms with Gasteiger partial charge in [-0.15, -0.1) is 0 Å². The molecule has 1 aliphatic rings. The quantitative estimate of drug-likeness (QED) is 0.577. The van der Waals surface area contributed by atoms with Crippen LogP contribution in [0, 0.1) is 0 Å². The zero-order valence-corrected chi connectivity index (χ0v) is 9.98. The van der Waals surface area contributed by atoms with Crippen molar-refractivity contribution in [3.8, 4) is 0 Å². The average Bonchev–Trinajstić information content (AvgIpc) is 2.28. The Labute approximate surface area is 100 Å². The Morgan fingerprint density at radius 2 is 1.88 bits per heavy atom. The van der Waals surface area contributed by atoms with Crippen LogP contribution in [0.4, 0.5) is 4.79 Å². The minimum atomic E-state index is -1.03. The van der Waals surface area contributed by atoms with Crippen LogP contribution in [0.5, 0.6) is 0 Å². The normalized spacial score (nSPS) is 26.0. The largest absolute Gasteiger partial charge is 0.480 e. The van der Waals surface area contributed by atoms with E-state index >= 15 is 0 Å². The number of rotatable bonds is 4. The highest BCUT2D eigenvalue weighted by Gasteiger charge is 2.23. The summed E-state index contributed by atoms with van der Waals surface area (Å²) >= 11 is 0. The van der Waals surface area contributed by atoms with E-state index in [1.165, 1.54) is 0 Å². The number of aliphatic hydroxyl groups excluding tert-OH is 1. The molecule has 1 atom stereocenters. The molecule has 0 aromatic carbocycles. The fourth-order valence-electron chi connectivity index (χ4n) is 1.94. The summed E-state index contributed by atoms with van der Waals surface area (Å²) in [5, 5.41) is 23.2. The molecule has 1 saturated carbocycles. The molecule has 0 aliphatic heterocycles. The van der Waals surface area contributed by atoms with Crippen LogP contribution in [0.1, 0.15) is 39.0 Å². The van der Waals surface area contributed by atoms with Crippen molar-refractivity contribution in [2.75, 3.05) is 0 Å². The van der Waals surface area contributed by atoms with E-state index in [0.29, 0.717) is 19.3 Å². The van der Waals surface area contributed by atoms with Crippen LogP contribution in [0.15, 0.2) is 0 Å². The maximum atomic E-state index is 11.5. The second-order valence-electron chi connectivity index (χ2n) is 4.42. The molecule has 0 aromatic heterocycles. The molecule has 1 fully saturated rings. The number of carbonyl (C=O) groups is 2. The van der Waals surface area contributed by atoms with Gasteiger partial charge in [0.15, 0.2) is 0 Å². The van der Waals surface area contributed by atoms with Gasteiger partial charge in [-0.3, -0.25) is 0 Å². The molecule has 0 bridgehead atoms. The van der Waals surface area contributed by atoms with E-state index in [9.17, 15) is 14.7 Å². The molecule has 0 saturated heterocycles. The third-order valence-electron chi connectivity index (χ3n) is 3.04. The highest BCUT2D eigenvalue weighted by Crippen LogP contribution is 2.18. The van der Waals surface area contributed by atoms with E-state index in [0.717, 1.165) is 12.8 Å². The lowest BCUT2D eigenvalue weighted by Gasteiger charge is -2.26. The van der Waals surface area contributed by atoms with Gasteiger partial charge in [0.05, 0.1) is 6.10 Å². The van der Waals surface area contributed by atoms with Crippen molar-refractivity contribution in [3.63, 3.8) is 0 Å². The Morgan fingerprint density at radius 3 is 2.35 bits per heavy atom. The standard InChI is InChI=1S/C11H20N2O4/c1-2-9(10(15)16)13-11(17)12-7-3-5-8(14)6-4-7/h7-9,14H,2-6H2,1H3,(H,15,16)(H2,12,13,17)/t7?,8?,9-/m0/s1. The number of carbonyl (C=O) groups excluding carboxylic acids is 1. The fraction of sp³-hybridized carbons (Fsp3) is 0.818. The fourth-order valence-corrected chi connectivity index (χ4v) is 1.94. The second-order valence-corrected chi connectivity index (χ2v) is 4.42. The molecule has 0 spiro atoms. The monoisotopic (exact) mass is 244 g/mol. The van der Waals surface area contributed by atoms with Gasteiger partial charge in [0.25, 0.3) is 0 Å². The molecule has 2 amide bonds. The van der Waals surface area contributed by atoms with Gasteiger partial charge in [-0.25, -0.2) is 9.59 Å². The Hall–Kier alpha value is -1.30. The molecule has 17 heavy (non-hydrogen) atoms. The predicted molar refractivity (Wildman–Crippen MR) is 61.6 cm³/mol. The SMILES string of the molecule is CC[C@H](NC(=O)NC1CCC(O)CC1)C(=O)O. The van der Waals surface area contributed by atoms with Gasteiger partial charge < -0.3 is 20.8 Å². The number of amides is 2. The van der Waals surface area contributed by atoms with Gasteiger partial charge in [0.1, 0.15) is 6.04 Å². The maximum Gasteiger partial charge on any atom is 0.326 e. The highest BCUT2D eigenvalue weighted by molar-refractivity contribution is 5.82. The lowest BCUT2D eigenvalue weighted by atomic mass is 9.93. The van der Waals surface area contributed by atoms with Gasteiger partial charge in [-0.05, 0) is 32.1 Å². The summed E-state index contributed by atoms with van der Waals surface area (Å²) in [7, 11) is 0. The van der Waals surface area contributed by atoms with Crippen LogP contribution >= 0.6 is 0 Å². The summed E-state index contributed by atoms with van der Waals surface area (Å²) in [6.45, 7) is 1.70. The van der Waals surface area contributed by atoms with Gasteiger partial charge >= 0.3 is 12.0 Å². The molecule has 0 aromatic rings. The summed E-state index contributed by atoms with van der Waals surface area (Å²) < 4.78 is 0. The molecule has 0 radical (unpaired) electrons. The van der Waals surface area contributed by atoms with Crippen LogP contribution in [-0.2, 0) is 4.79 Å². The first-order chi connectivity index (χ1) is 8.02. The third kappa shape index (κ3) is 4.60. The predicted octanol–water partition coefficient (Wildman–Crippen LogP) is 0.452. The van der Waals surface area contributed by atoms with Gasteiger partial charge in [-0.1, -0.05) is 6.92 Å². The first kappa shape index (κ1) is 13.8. The molecule has 98 valence electrons. The van der Waals surface area contributed by atoms with Crippen molar-refractivity contribution in [2.24, 2.45) is 0 Å². The van der Waals surface area contributed by atoms with E-state index in [1.54, 1.807) is 6.92 Å². The van der Waals surface area contributed by atoms with Crippen LogP contribution < -0.4 is 10.6 Å². The number of nitrogens with one attached hydrogen (secondary N) is 2. The lowest BCUT2D eigenvalue weighted by Crippen LogP contribution is -2.49. The topological polar surface area (TPSA) is 98.7 Å². The van der Waals surface area contributed by atoms with Crippen molar-refractivity contribution in [1.29, 1.82) is 0 Å². The van der Waals surface area contributed by atoms with Crippen LogP contribution in [0.2, 0.25) is 0 Å². The number of hydrogen-bond donors (Lipinski definition) is 4. The van der Waals surface area contributed by atoms with Gasteiger partial charge in [-0.2, -0.15) is 0 Å². The van der Waals surface area contributed by atoms with Crippen molar-refractivity contribution in [3.05, 3.63) is 0 Å². The minimum absolute atomic E-state index is 0.0321. The third-order valence-corrected chi connectivity index (χ3v) is 3.04. The van der Waals surface area contributed by atoms with E-state index in [-0.39, 0.29) is 12.1 Å². The van der Waals surface area contributed by atoms with Gasteiger partial charge in [0, 0.05) is 6.04 Å². The molecule has 4 N–H and O–H groups in total. The first-order valence-corrected chi connectivity index (χ1v) is 6.00. The van der Waals surface area contributed by atoms with Crippen LogP contribution in [0.3, 0.4) is 0 Å². The number of hydrogen-bond acceptors (Lipinski definition) is 3. The average molecular weight is 244 g/mol. The van der Waals surface area contributed by atoms with Crippen LogP contribution in [0.25, 0.3) is 0 Å². The smallest absolute Gasteiger partial charge is 0.326 e. The zero-order chi connectivity index (χ0) is 12.8. The summed E-state index contributed by atoms with van der Waals surface area (Å²) in [4.78, 5) is 22.2. The Bertz CT molecular complexity index is 275. The minimum Gasteiger partial charge on any atom is -0.480 e. The summed E-state index contributed by atoms with van der Waals surface area (Å²) in [5.74, 6) is -1.03. The second kappa shape index (κ2) is 6.44. The van der Waals surface area contributed by atoms with Gasteiger partial charge in [0.2, 0.25) is 0 Å². The number of aliphatic hydroxyl groups is 1. The number of carboxylic acids is 1. The Morgan fingerprint density at radius 1 is 1.29 bits per heavy atom. The number of carboxylic acid groups (broad SMARTS) is 1. The number of aliphatic carboxylic acids is 1. The number of urea groups is 1. The molecule has 1 aliphatic carbocycles. The molecular weight excluding hydrogens is 224 g/mol. The summed E-state index contributed by atoms with van der Waals surface area (Å²) in [5.41, 5.74) is 0. The first-order valence-electron chi connectivity index (χ1n) is 6.00. The molecule has 6 nitrogen and oxygen atoms in total. The molecule has 0 unspecified atom stereocenters. The maximum absolute atomic E-state index is 11.5. The molecule has 6 heteroatoms. The Balaban J connectivity index is 2.31.